The Balaban J connectivity index is 1.35. The molecule has 4 unspecified atom stereocenters. The van der Waals surface area contributed by atoms with Gasteiger partial charge in [-0.1, -0.05) is 51.1 Å². The fourth-order valence-corrected chi connectivity index (χ4v) is 10.6. The highest BCUT2D eigenvalue weighted by molar-refractivity contribution is 5.95. The molecule has 272 valence electrons. The summed E-state index contributed by atoms with van der Waals surface area (Å²) in [6, 6.07) is 25.1. The number of rotatable bonds is 4. The van der Waals surface area contributed by atoms with Crippen LogP contribution in [0.3, 0.4) is 0 Å². The number of nitrogens with one attached hydrogen (secondary N) is 4. The molecule has 0 spiro atoms. The van der Waals surface area contributed by atoms with Crippen LogP contribution in [0.1, 0.15) is 66.1 Å². The van der Waals surface area contributed by atoms with Crippen LogP contribution in [0, 0.1) is 5.41 Å². The predicted octanol–water partition coefficient (Wildman–Crippen LogP) is 7.05. The summed E-state index contributed by atoms with van der Waals surface area (Å²) < 4.78 is 7.42. The maximum atomic E-state index is 14.8. The lowest BCUT2D eigenvalue weighted by Gasteiger charge is -2.79. The first-order chi connectivity index (χ1) is 26.1. The van der Waals surface area contributed by atoms with Gasteiger partial charge in [0.1, 0.15) is 43.4 Å². The molecule has 6 aliphatic rings. The third-order valence-corrected chi connectivity index (χ3v) is 12.5. The third kappa shape index (κ3) is 4.01. The Morgan fingerprint density at radius 2 is 1.09 bits per heavy atom. The van der Waals surface area contributed by atoms with Crippen molar-refractivity contribution in [3.05, 3.63) is 112 Å². The van der Waals surface area contributed by atoms with Gasteiger partial charge in [0.15, 0.2) is 0 Å². The molecular weight excluding hydrogens is 679 g/mol. The predicted molar refractivity (Wildman–Crippen MR) is 215 cm³/mol. The summed E-state index contributed by atoms with van der Waals surface area (Å²) >= 11 is 0. The molecular formula is C42H42N9O3+. The zero-order valence-electron chi connectivity index (χ0n) is 30.5. The van der Waals surface area contributed by atoms with Crippen LogP contribution < -0.4 is 25.8 Å². The Hall–Kier alpha value is -5.85. The van der Waals surface area contributed by atoms with E-state index in [0.29, 0.717) is 38.8 Å². The van der Waals surface area contributed by atoms with Crippen molar-refractivity contribution in [3.8, 4) is 0 Å². The van der Waals surface area contributed by atoms with Crippen molar-refractivity contribution in [2.75, 3.05) is 54.5 Å². The summed E-state index contributed by atoms with van der Waals surface area (Å²) in [5.74, 6) is 0. The molecule has 4 atom stereocenters. The third-order valence-electron chi connectivity index (χ3n) is 12.5. The number of nitrogens with zero attached hydrogens (tertiary/aromatic N) is 5. The van der Waals surface area contributed by atoms with Gasteiger partial charge in [-0.25, -0.2) is 0 Å². The molecule has 2 saturated heterocycles. The van der Waals surface area contributed by atoms with Crippen LogP contribution in [0.15, 0.2) is 92.8 Å². The molecule has 0 saturated carbocycles. The van der Waals surface area contributed by atoms with Crippen LogP contribution in [0.25, 0.3) is 0 Å². The minimum absolute atomic E-state index is 0.272. The molecule has 10 rings (SSSR count). The van der Waals surface area contributed by atoms with Crippen LogP contribution in [-0.2, 0) is 21.5 Å². The Bertz CT molecular complexity index is 2400. The molecule has 0 radical (unpaired) electrons. The molecule has 54 heavy (non-hydrogen) atoms. The average Bonchev–Trinajstić information content (AvgIpc) is 3.19. The number of likely N-dealkylation sites (tertiary alicyclic amines) is 1. The normalized spacial score (nSPS) is 28.1. The Morgan fingerprint density at radius 3 is 1.61 bits per heavy atom. The second-order valence-electron chi connectivity index (χ2n) is 15.9. The number of hydrogen-bond acceptors (Lipinski definition) is 10. The molecule has 6 heterocycles. The van der Waals surface area contributed by atoms with Gasteiger partial charge in [0, 0.05) is 88.3 Å². The lowest BCUT2D eigenvalue weighted by atomic mass is 9.40. The molecule has 12 nitrogen and oxygen atoms in total. The van der Waals surface area contributed by atoms with E-state index in [1.807, 2.05) is 49.1 Å². The van der Waals surface area contributed by atoms with Gasteiger partial charge in [0.05, 0.1) is 12.2 Å². The van der Waals surface area contributed by atoms with Crippen molar-refractivity contribution in [3.63, 3.8) is 0 Å². The van der Waals surface area contributed by atoms with Crippen LogP contribution in [0.5, 0.6) is 0 Å². The van der Waals surface area contributed by atoms with E-state index in [-0.39, 0.29) is 6.54 Å². The number of ether oxygens (including phenoxy) is 1. The van der Waals surface area contributed by atoms with Crippen LogP contribution in [0.2, 0.25) is 0 Å². The van der Waals surface area contributed by atoms with E-state index in [0.717, 1.165) is 61.7 Å². The van der Waals surface area contributed by atoms with Crippen molar-refractivity contribution >= 4 is 59.4 Å². The molecule has 2 fully saturated rings. The highest BCUT2D eigenvalue weighted by atomic mass is 16.6. The van der Waals surface area contributed by atoms with Gasteiger partial charge < -0.3 is 31.1 Å². The van der Waals surface area contributed by atoms with E-state index in [1.165, 1.54) is 0 Å². The minimum Gasteiger partial charge on any atom is -0.435 e. The summed E-state index contributed by atoms with van der Waals surface area (Å²) in [4.78, 5) is 32.6. The lowest BCUT2D eigenvalue weighted by molar-refractivity contribution is -0.452. The van der Waals surface area contributed by atoms with Gasteiger partial charge in [-0.05, 0) is 46.9 Å². The summed E-state index contributed by atoms with van der Waals surface area (Å²) in [5.41, 5.74) is 6.88. The molecule has 2 bridgehead atoms. The molecule has 12 heteroatoms. The summed E-state index contributed by atoms with van der Waals surface area (Å²) in [6.07, 6.45) is 6.95. The Labute approximate surface area is 313 Å². The largest absolute Gasteiger partial charge is 0.521 e. The number of carboxylic acid groups (broad SMARTS) is 1. The number of aliphatic imine (C=N–C) groups is 4. The number of benzene rings is 4. The van der Waals surface area contributed by atoms with Crippen molar-refractivity contribution in [1.82, 2.24) is 4.48 Å². The smallest absolute Gasteiger partial charge is 0.435 e. The molecule has 0 aromatic heterocycles. The van der Waals surface area contributed by atoms with Crippen LogP contribution in [-0.4, -0.2) is 69.3 Å². The van der Waals surface area contributed by atoms with Crippen molar-refractivity contribution < 1.29 is 14.6 Å². The van der Waals surface area contributed by atoms with E-state index in [4.69, 9.17) is 4.74 Å². The van der Waals surface area contributed by atoms with Gasteiger partial charge in [0.2, 0.25) is 0 Å². The first kappa shape index (κ1) is 32.8. The number of quaternary nitrogens is 1. The fraction of sp³-hybridized carbons (Fsp3) is 0.310. The maximum Gasteiger partial charge on any atom is 0.521 e. The zero-order valence-corrected chi connectivity index (χ0v) is 30.5. The number of amides is 1. The van der Waals surface area contributed by atoms with Gasteiger partial charge >= 0.3 is 6.09 Å². The van der Waals surface area contributed by atoms with Gasteiger partial charge in [-0.15, -0.1) is 0 Å². The van der Waals surface area contributed by atoms with Crippen LogP contribution in [0.4, 0.5) is 33.2 Å². The second-order valence-corrected chi connectivity index (χ2v) is 15.9. The highest BCUT2D eigenvalue weighted by Gasteiger charge is 2.92. The number of anilines is 4. The lowest BCUT2D eigenvalue weighted by Crippen LogP contribution is -2.93. The zero-order chi connectivity index (χ0) is 36.9. The van der Waals surface area contributed by atoms with Crippen molar-refractivity contribution in [1.29, 1.82) is 0 Å². The quantitative estimate of drug-likeness (QED) is 0.142. The maximum absolute atomic E-state index is 14.8. The summed E-state index contributed by atoms with van der Waals surface area (Å²) in [6.45, 7) is 8.79. The fourth-order valence-electron chi connectivity index (χ4n) is 10.6. The number of carbonyl (C=O) groups is 1. The highest BCUT2D eigenvalue weighted by Crippen LogP contribution is 2.80. The van der Waals surface area contributed by atoms with Gasteiger partial charge in [-0.2, -0.15) is 9.28 Å². The number of hydrogen-bond donors (Lipinski definition) is 5. The first-order valence-corrected chi connectivity index (χ1v) is 18.5. The summed E-state index contributed by atoms with van der Waals surface area (Å²) in [5, 5.41) is 25.9. The Kier molecular flexibility index (Phi) is 6.88. The molecule has 6 aliphatic heterocycles. The Morgan fingerprint density at radius 1 is 0.648 bits per heavy atom. The minimum atomic E-state index is -1.49. The number of piperidine rings is 1. The molecule has 5 N–H and O–H groups in total. The SMILES string of the molecule is CC(C)(C)C1(c2ccc3c(c2)NCN=C3)C2(c3ccc4c(c3)NCN=C4)CC[N+](C(=O)O)(c3ccc4c(c3)NCN=C4)C1(c1ccc3c(c1)NCN=C3)O2. The first-order valence-electron chi connectivity index (χ1n) is 18.5. The standard InChI is InChI=1S/C42H41N9O3/c1-39(2,3)41(31-9-5-27-19-44-23-48-35(27)15-31)40(30-8-4-26-18-43-22-47-34(26)14-30)12-13-51(38(52)53,33-11-7-29-21-46-25-50-37(29)17-33)42(41,54-40)32-10-6-28-20-45-24-49-36(28)16-32/h4-11,14-21H,12-13,22-25H2,1-3H3,(H4-,43,44,45,46,47,48,49,50,52,53)/p+1. The second kappa shape index (κ2) is 11.3. The van der Waals surface area contributed by atoms with Crippen molar-refractivity contribution in [2.24, 2.45) is 25.4 Å². The van der Waals surface area contributed by atoms with E-state index in [2.05, 4.69) is 111 Å². The topological polar surface area (TPSA) is 144 Å². The molecule has 4 aromatic carbocycles. The van der Waals surface area contributed by atoms with Gasteiger partial charge in [0.25, 0.3) is 5.72 Å². The average molecular weight is 721 g/mol. The summed E-state index contributed by atoms with van der Waals surface area (Å²) in [7, 11) is 0. The van der Waals surface area contributed by atoms with Crippen LogP contribution >= 0.6 is 0 Å². The van der Waals surface area contributed by atoms with E-state index >= 15 is 0 Å². The van der Waals surface area contributed by atoms with E-state index in [9.17, 15) is 9.90 Å². The molecule has 0 aliphatic carbocycles. The van der Waals surface area contributed by atoms with E-state index in [1.54, 1.807) is 0 Å². The van der Waals surface area contributed by atoms with Gasteiger partial charge in [-0.3, -0.25) is 20.0 Å². The monoisotopic (exact) mass is 720 g/mol. The van der Waals surface area contributed by atoms with E-state index < -0.39 is 32.7 Å². The van der Waals surface area contributed by atoms with Crippen molar-refractivity contribution in [2.45, 2.75) is 43.9 Å². The number of fused-ring (bicyclic) bond motifs is 6. The molecule has 4 aromatic rings. The molecule has 1 amide bonds.